The molecule has 2 aromatic carbocycles. The summed E-state index contributed by atoms with van der Waals surface area (Å²) >= 11 is 7.37. The van der Waals surface area contributed by atoms with Gasteiger partial charge in [-0.15, -0.1) is 16.8 Å². The summed E-state index contributed by atoms with van der Waals surface area (Å²) in [7, 11) is 0. The molecular formula is C24H26ClN5O3S. The van der Waals surface area contributed by atoms with Crippen molar-refractivity contribution in [2.45, 2.75) is 32.0 Å². The number of nitrogens with one attached hydrogen (secondary N) is 2. The largest absolute Gasteiger partial charge is 0.494 e. The molecule has 1 aromatic heterocycles. The van der Waals surface area contributed by atoms with Crippen molar-refractivity contribution in [2.75, 3.05) is 23.0 Å². The van der Waals surface area contributed by atoms with Gasteiger partial charge in [-0.25, -0.2) is 0 Å². The van der Waals surface area contributed by atoms with Crippen LogP contribution in [0.1, 0.15) is 18.3 Å². The molecule has 0 saturated heterocycles. The summed E-state index contributed by atoms with van der Waals surface area (Å²) in [6, 6.07) is 12.5. The molecule has 2 amide bonds. The van der Waals surface area contributed by atoms with Gasteiger partial charge >= 0.3 is 0 Å². The number of carbonyl (C=O) groups excluding carboxylic acids is 2. The molecule has 178 valence electrons. The summed E-state index contributed by atoms with van der Waals surface area (Å²) in [5.41, 5.74) is 2.21. The number of aryl methyl sites for hydroxylation is 1. The first-order valence-electron chi connectivity index (χ1n) is 10.6. The van der Waals surface area contributed by atoms with E-state index in [0.29, 0.717) is 40.5 Å². The lowest BCUT2D eigenvalue weighted by Crippen LogP contribution is -2.18. The van der Waals surface area contributed by atoms with E-state index in [9.17, 15) is 9.59 Å². The van der Waals surface area contributed by atoms with Gasteiger partial charge in [0.05, 0.1) is 18.8 Å². The zero-order chi connectivity index (χ0) is 24.5. The molecule has 34 heavy (non-hydrogen) atoms. The molecule has 0 aliphatic carbocycles. The van der Waals surface area contributed by atoms with Crippen molar-refractivity contribution in [3.05, 3.63) is 71.5 Å². The van der Waals surface area contributed by atoms with Gasteiger partial charge in [0.25, 0.3) is 0 Å². The highest BCUT2D eigenvalue weighted by Gasteiger charge is 2.17. The average Bonchev–Trinajstić information content (AvgIpc) is 3.17. The number of amides is 2. The molecule has 8 nitrogen and oxygen atoms in total. The fraction of sp³-hybridized carbons (Fsp3) is 0.250. The van der Waals surface area contributed by atoms with Crippen LogP contribution >= 0.6 is 23.4 Å². The Morgan fingerprint density at radius 3 is 2.50 bits per heavy atom. The van der Waals surface area contributed by atoms with Crippen molar-refractivity contribution in [2.24, 2.45) is 0 Å². The minimum atomic E-state index is -0.248. The van der Waals surface area contributed by atoms with Crippen LogP contribution in [0.5, 0.6) is 5.75 Å². The summed E-state index contributed by atoms with van der Waals surface area (Å²) in [6.45, 7) is 8.56. The van der Waals surface area contributed by atoms with Gasteiger partial charge in [0.15, 0.2) is 5.16 Å². The van der Waals surface area contributed by atoms with Crippen LogP contribution in [0.2, 0.25) is 5.02 Å². The first-order chi connectivity index (χ1) is 16.4. The van der Waals surface area contributed by atoms with Crippen LogP contribution in [0.15, 0.2) is 60.3 Å². The van der Waals surface area contributed by atoms with E-state index in [1.807, 2.05) is 19.9 Å². The number of aromatic nitrogens is 3. The van der Waals surface area contributed by atoms with Gasteiger partial charge in [0.2, 0.25) is 11.8 Å². The maximum absolute atomic E-state index is 12.5. The molecular weight excluding hydrogens is 474 g/mol. The number of rotatable bonds is 11. The van der Waals surface area contributed by atoms with Gasteiger partial charge in [-0.3, -0.25) is 9.59 Å². The molecule has 0 aliphatic heterocycles. The van der Waals surface area contributed by atoms with E-state index >= 15 is 0 Å². The predicted octanol–water partition coefficient (Wildman–Crippen LogP) is 4.74. The van der Waals surface area contributed by atoms with Crippen LogP contribution < -0.4 is 15.4 Å². The van der Waals surface area contributed by atoms with Crippen LogP contribution in [0.4, 0.5) is 11.4 Å². The summed E-state index contributed by atoms with van der Waals surface area (Å²) in [5, 5.41) is 15.1. The van der Waals surface area contributed by atoms with Gasteiger partial charge in [0, 0.05) is 22.9 Å². The molecule has 0 radical (unpaired) electrons. The number of carbonyl (C=O) groups is 2. The lowest BCUT2D eigenvalue weighted by Gasteiger charge is -2.09. The van der Waals surface area contributed by atoms with Gasteiger partial charge in [-0.1, -0.05) is 35.5 Å². The first-order valence-corrected chi connectivity index (χ1v) is 12.0. The molecule has 3 rings (SSSR count). The number of hydrogen-bond donors (Lipinski definition) is 2. The Kier molecular flexibility index (Phi) is 9.12. The van der Waals surface area contributed by atoms with Crippen molar-refractivity contribution in [3.63, 3.8) is 0 Å². The Bertz CT molecular complexity index is 1160. The minimum Gasteiger partial charge on any atom is -0.494 e. The zero-order valence-corrected chi connectivity index (χ0v) is 20.6. The van der Waals surface area contributed by atoms with Gasteiger partial charge in [0.1, 0.15) is 11.6 Å². The van der Waals surface area contributed by atoms with E-state index in [-0.39, 0.29) is 24.0 Å². The van der Waals surface area contributed by atoms with E-state index < -0.39 is 0 Å². The number of nitrogens with zero attached hydrogens (tertiary/aromatic N) is 3. The lowest BCUT2D eigenvalue weighted by molar-refractivity contribution is -0.116. The Labute approximate surface area is 207 Å². The molecule has 0 aliphatic rings. The third-order valence-electron chi connectivity index (χ3n) is 4.66. The van der Waals surface area contributed by atoms with E-state index in [2.05, 4.69) is 27.4 Å². The fourth-order valence-corrected chi connectivity index (χ4v) is 3.96. The molecule has 1 heterocycles. The SMILES string of the molecule is C=CCn1c(CC(=O)Nc2ccc(C)c(Cl)c2)nnc1SCC(=O)Nc1ccc(OCC)cc1. The second-order valence-electron chi connectivity index (χ2n) is 7.28. The van der Waals surface area contributed by atoms with Crippen molar-refractivity contribution in [1.82, 2.24) is 14.8 Å². The van der Waals surface area contributed by atoms with Crippen molar-refractivity contribution < 1.29 is 14.3 Å². The van der Waals surface area contributed by atoms with Crippen LogP contribution in [0.3, 0.4) is 0 Å². The Morgan fingerprint density at radius 2 is 1.82 bits per heavy atom. The quantitative estimate of drug-likeness (QED) is 0.292. The molecule has 10 heteroatoms. The molecule has 0 spiro atoms. The molecule has 0 atom stereocenters. The van der Waals surface area contributed by atoms with Crippen molar-refractivity contribution in [3.8, 4) is 5.75 Å². The molecule has 2 N–H and O–H groups in total. The summed E-state index contributed by atoms with van der Waals surface area (Å²) in [6.07, 6.45) is 1.71. The Balaban J connectivity index is 1.59. The van der Waals surface area contributed by atoms with Crippen LogP contribution in [-0.2, 0) is 22.6 Å². The van der Waals surface area contributed by atoms with Crippen molar-refractivity contribution >= 4 is 46.6 Å². The van der Waals surface area contributed by atoms with Gasteiger partial charge in [-0.2, -0.15) is 0 Å². The molecule has 3 aromatic rings. The third-order valence-corrected chi connectivity index (χ3v) is 6.03. The van der Waals surface area contributed by atoms with Gasteiger partial charge in [-0.05, 0) is 55.8 Å². The molecule has 0 bridgehead atoms. The summed E-state index contributed by atoms with van der Waals surface area (Å²) < 4.78 is 7.17. The number of halogens is 1. The third kappa shape index (κ3) is 7.10. The Morgan fingerprint density at radius 1 is 1.12 bits per heavy atom. The van der Waals surface area contributed by atoms with E-state index in [1.165, 1.54) is 11.8 Å². The molecule has 0 saturated carbocycles. The predicted molar refractivity (Wildman–Crippen MR) is 136 cm³/mol. The molecule has 0 unspecified atom stereocenters. The van der Waals surface area contributed by atoms with Crippen LogP contribution in [0.25, 0.3) is 0 Å². The van der Waals surface area contributed by atoms with Crippen LogP contribution in [-0.4, -0.2) is 38.9 Å². The van der Waals surface area contributed by atoms with E-state index in [4.69, 9.17) is 16.3 Å². The highest BCUT2D eigenvalue weighted by molar-refractivity contribution is 7.99. The smallest absolute Gasteiger partial charge is 0.234 e. The van der Waals surface area contributed by atoms with Crippen molar-refractivity contribution in [1.29, 1.82) is 0 Å². The highest BCUT2D eigenvalue weighted by Crippen LogP contribution is 2.22. The highest BCUT2D eigenvalue weighted by atomic mass is 35.5. The average molecular weight is 500 g/mol. The first kappa shape index (κ1) is 25.3. The second kappa shape index (κ2) is 12.2. The summed E-state index contributed by atoms with van der Waals surface area (Å²) in [5.74, 6) is 0.927. The standard InChI is InChI=1S/C24H26ClN5O3S/c1-4-12-30-21(14-22(31)27-18-7-6-16(3)20(25)13-18)28-29-24(30)34-15-23(32)26-17-8-10-19(11-9-17)33-5-2/h4,6-11,13H,1,5,12,14-15H2,2-3H3,(H,26,32)(H,27,31). The fourth-order valence-electron chi connectivity index (χ4n) is 3.02. The minimum absolute atomic E-state index is 0.0191. The lowest BCUT2D eigenvalue weighted by atomic mass is 10.2. The maximum atomic E-state index is 12.5. The second-order valence-corrected chi connectivity index (χ2v) is 8.63. The Hall–Kier alpha value is -3.30. The number of benzene rings is 2. The normalized spacial score (nSPS) is 10.6. The van der Waals surface area contributed by atoms with E-state index in [0.717, 1.165) is 11.3 Å². The number of allylic oxidation sites excluding steroid dienone is 1. The zero-order valence-electron chi connectivity index (χ0n) is 19.0. The maximum Gasteiger partial charge on any atom is 0.234 e. The number of thioether (sulfide) groups is 1. The van der Waals surface area contributed by atoms with Crippen LogP contribution in [0, 0.1) is 6.92 Å². The summed E-state index contributed by atoms with van der Waals surface area (Å²) in [4.78, 5) is 24.9. The van der Waals surface area contributed by atoms with Gasteiger partial charge < -0.3 is 19.9 Å². The van der Waals surface area contributed by atoms with E-state index in [1.54, 1.807) is 47.0 Å². The number of ether oxygens (including phenoxy) is 1. The topological polar surface area (TPSA) is 98.1 Å². The monoisotopic (exact) mass is 499 g/mol. The number of anilines is 2. The number of hydrogen-bond acceptors (Lipinski definition) is 6. The molecule has 0 fully saturated rings.